The number of nitrogens with zero attached hydrogens (tertiary/aromatic N) is 2. The minimum absolute atomic E-state index is 0.155. The molecule has 126 valence electrons. The topological polar surface area (TPSA) is 40.6 Å². The van der Waals surface area contributed by atoms with E-state index < -0.39 is 0 Å². The number of hydrogen-bond donors (Lipinski definition) is 0. The van der Waals surface area contributed by atoms with Gasteiger partial charge >= 0.3 is 0 Å². The van der Waals surface area contributed by atoms with Crippen molar-refractivity contribution < 1.29 is 9.59 Å². The Morgan fingerprint density at radius 2 is 1.78 bits per heavy atom. The van der Waals surface area contributed by atoms with Gasteiger partial charge in [-0.15, -0.1) is 0 Å². The molecule has 23 heavy (non-hydrogen) atoms. The second-order valence-corrected chi connectivity index (χ2v) is 8.04. The van der Waals surface area contributed by atoms with Gasteiger partial charge in [-0.25, -0.2) is 0 Å². The van der Waals surface area contributed by atoms with E-state index in [4.69, 9.17) is 0 Å². The van der Waals surface area contributed by atoms with Gasteiger partial charge < -0.3 is 9.80 Å². The minimum atomic E-state index is -0.155. The molecule has 0 radical (unpaired) electrons. The SMILES string of the molecule is O=C(C1CC=CC1)N1CCC2(CCCN(CC3CC3)C2=O)CC1. The molecule has 1 spiro atoms. The highest BCUT2D eigenvalue weighted by Crippen LogP contribution is 2.42. The van der Waals surface area contributed by atoms with Crippen molar-refractivity contribution in [1.82, 2.24) is 9.80 Å². The molecule has 2 heterocycles. The third-order valence-electron chi connectivity index (χ3n) is 6.39. The van der Waals surface area contributed by atoms with E-state index in [0.29, 0.717) is 11.8 Å². The molecule has 0 aromatic rings. The largest absolute Gasteiger partial charge is 0.342 e. The molecule has 1 saturated carbocycles. The van der Waals surface area contributed by atoms with Crippen molar-refractivity contribution in [2.24, 2.45) is 17.3 Å². The fourth-order valence-corrected chi connectivity index (χ4v) is 4.63. The Morgan fingerprint density at radius 1 is 1.09 bits per heavy atom. The zero-order valence-corrected chi connectivity index (χ0v) is 14.0. The highest BCUT2D eigenvalue weighted by molar-refractivity contribution is 5.84. The van der Waals surface area contributed by atoms with Crippen LogP contribution in [-0.4, -0.2) is 47.8 Å². The molecule has 0 bridgehead atoms. The van der Waals surface area contributed by atoms with Gasteiger partial charge in [0.25, 0.3) is 0 Å². The molecule has 3 fully saturated rings. The lowest BCUT2D eigenvalue weighted by atomic mass is 9.71. The van der Waals surface area contributed by atoms with Crippen LogP contribution < -0.4 is 0 Å². The van der Waals surface area contributed by atoms with Crippen LogP contribution in [0.25, 0.3) is 0 Å². The normalized spacial score (nSPS) is 27.9. The Balaban J connectivity index is 1.37. The predicted molar refractivity (Wildman–Crippen MR) is 88.6 cm³/mol. The van der Waals surface area contributed by atoms with Crippen molar-refractivity contribution in [1.29, 1.82) is 0 Å². The number of rotatable bonds is 3. The van der Waals surface area contributed by atoms with Gasteiger partial charge in [0.2, 0.25) is 11.8 Å². The lowest BCUT2D eigenvalue weighted by Gasteiger charge is -2.46. The Kier molecular flexibility index (Phi) is 3.94. The Labute approximate surface area is 138 Å². The van der Waals surface area contributed by atoms with Crippen molar-refractivity contribution in [2.45, 2.75) is 51.4 Å². The molecule has 0 aromatic heterocycles. The highest BCUT2D eigenvalue weighted by Gasteiger charge is 2.47. The molecule has 2 amide bonds. The molecule has 4 rings (SSSR count). The molecule has 0 aromatic carbocycles. The summed E-state index contributed by atoms with van der Waals surface area (Å²) < 4.78 is 0. The Bertz CT molecular complexity index is 507. The molecule has 2 aliphatic heterocycles. The maximum Gasteiger partial charge on any atom is 0.228 e. The maximum absolute atomic E-state index is 13.0. The summed E-state index contributed by atoms with van der Waals surface area (Å²) in [6, 6.07) is 0. The molecule has 0 atom stereocenters. The van der Waals surface area contributed by atoms with Crippen LogP contribution in [0, 0.1) is 17.3 Å². The van der Waals surface area contributed by atoms with Crippen LogP contribution in [0.5, 0.6) is 0 Å². The van der Waals surface area contributed by atoms with Gasteiger partial charge in [-0.05, 0) is 57.3 Å². The smallest absolute Gasteiger partial charge is 0.228 e. The zero-order valence-electron chi connectivity index (χ0n) is 14.0. The number of allylic oxidation sites excluding steroid dienone is 2. The average Bonchev–Trinajstić information content (AvgIpc) is 3.22. The van der Waals surface area contributed by atoms with Crippen LogP contribution in [0.1, 0.15) is 51.4 Å². The average molecular weight is 316 g/mol. The number of carbonyl (C=O) groups is 2. The monoisotopic (exact) mass is 316 g/mol. The second kappa shape index (κ2) is 5.95. The van der Waals surface area contributed by atoms with Crippen molar-refractivity contribution in [3.63, 3.8) is 0 Å². The first kappa shape index (κ1) is 15.2. The van der Waals surface area contributed by atoms with E-state index in [2.05, 4.69) is 17.1 Å². The van der Waals surface area contributed by atoms with Crippen molar-refractivity contribution >= 4 is 11.8 Å². The first-order valence-corrected chi connectivity index (χ1v) is 9.41. The molecular formula is C19H28N2O2. The maximum atomic E-state index is 13.0. The number of amides is 2. The van der Waals surface area contributed by atoms with Crippen LogP contribution in [0.2, 0.25) is 0 Å². The number of likely N-dealkylation sites (tertiary alicyclic amines) is 2. The van der Waals surface area contributed by atoms with E-state index >= 15 is 0 Å². The van der Waals surface area contributed by atoms with Crippen LogP contribution >= 0.6 is 0 Å². The standard InChI is InChI=1S/C19H28N2O2/c22-17(16-4-1-2-5-16)20-12-9-19(10-13-20)8-3-11-21(18(19)23)14-15-6-7-15/h1-2,15-16H,3-14H2. The fraction of sp³-hybridized carbons (Fsp3) is 0.789. The molecule has 4 aliphatic rings. The summed E-state index contributed by atoms with van der Waals surface area (Å²) in [5, 5.41) is 0. The molecule has 4 heteroatoms. The molecule has 0 N–H and O–H groups in total. The van der Waals surface area contributed by atoms with E-state index in [1.807, 2.05) is 4.90 Å². The lowest BCUT2D eigenvalue weighted by Crippen LogP contribution is -2.55. The quantitative estimate of drug-likeness (QED) is 0.751. The van der Waals surface area contributed by atoms with E-state index in [-0.39, 0.29) is 11.3 Å². The highest BCUT2D eigenvalue weighted by atomic mass is 16.2. The summed E-state index contributed by atoms with van der Waals surface area (Å²) >= 11 is 0. The van der Waals surface area contributed by atoms with E-state index in [0.717, 1.165) is 70.6 Å². The summed E-state index contributed by atoms with van der Waals surface area (Å²) in [5.41, 5.74) is -0.155. The third kappa shape index (κ3) is 2.92. The van der Waals surface area contributed by atoms with Crippen LogP contribution in [-0.2, 0) is 9.59 Å². The zero-order chi connectivity index (χ0) is 15.9. The van der Waals surface area contributed by atoms with E-state index in [9.17, 15) is 9.59 Å². The minimum Gasteiger partial charge on any atom is -0.342 e. The van der Waals surface area contributed by atoms with E-state index in [1.165, 1.54) is 12.8 Å². The first-order chi connectivity index (χ1) is 11.2. The second-order valence-electron chi connectivity index (χ2n) is 8.04. The van der Waals surface area contributed by atoms with E-state index in [1.54, 1.807) is 0 Å². The van der Waals surface area contributed by atoms with Crippen molar-refractivity contribution in [3.8, 4) is 0 Å². The van der Waals surface area contributed by atoms with Crippen LogP contribution in [0.4, 0.5) is 0 Å². The van der Waals surface area contributed by atoms with Crippen molar-refractivity contribution in [2.75, 3.05) is 26.2 Å². The number of hydrogen-bond acceptors (Lipinski definition) is 2. The third-order valence-corrected chi connectivity index (χ3v) is 6.39. The van der Waals surface area contributed by atoms with Gasteiger partial charge in [0.1, 0.15) is 0 Å². The molecule has 2 aliphatic carbocycles. The van der Waals surface area contributed by atoms with Gasteiger partial charge in [-0.3, -0.25) is 9.59 Å². The molecular weight excluding hydrogens is 288 g/mol. The van der Waals surface area contributed by atoms with Crippen LogP contribution in [0.3, 0.4) is 0 Å². The Hall–Kier alpha value is -1.32. The summed E-state index contributed by atoms with van der Waals surface area (Å²) in [4.78, 5) is 29.7. The van der Waals surface area contributed by atoms with Gasteiger partial charge in [0.15, 0.2) is 0 Å². The summed E-state index contributed by atoms with van der Waals surface area (Å²) in [6.45, 7) is 3.49. The lowest BCUT2D eigenvalue weighted by molar-refractivity contribution is -0.153. The van der Waals surface area contributed by atoms with Gasteiger partial charge in [0, 0.05) is 32.1 Å². The summed E-state index contributed by atoms with van der Waals surface area (Å²) in [5.74, 6) is 1.64. The number of piperidine rings is 2. The number of carbonyl (C=O) groups excluding carboxylic acids is 2. The Morgan fingerprint density at radius 3 is 2.43 bits per heavy atom. The molecule has 2 saturated heterocycles. The van der Waals surface area contributed by atoms with Crippen molar-refractivity contribution in [3.05, 3.63) is 12.2 Å². The van der Waals surface area contributed by atoms with Gasteiger partial charge in [-0.2, -0.15) is 0 Å². The summed E-state index contributed by atoms with van der Waals surface area (Å²) in [7, 11) is 0. The first-order valence-electron chi connectivity index (χ1n) is 9.41. The van der Waals surface area contributed by atoms with Gasteiger partial charge in [-0.1, -0.05) is 12.2 Å². The summed E-state index contributed by atoms with van der Waals surface area (Å²) in [6.07, 6.45) is 12.5. The molecule has 0 unspecified atom stereocenters. The van der Waals surface area contributed by atoms with Gasteiger partial charge in [0.05, 0.1) is 5.41 Å². The van der Waals surface area contributed by atoms with Crippen LogP contribution in [0.15, 0.2) is 12.2 Å². The fourth-order valence-electron chi connectivity index (χ4n) is 4.63. The predicted octanol–water partition coefficient (Wildman–Crippen LogP) is 2.59. The molecule has 4 nitrogen and oxygen atoms in total.